The van der Waals surface area contributed by atoms with Crippen LogP contribution in [0.15, 0.2) is 60.7 Å². The van der Waals surface area contributed by atoms with E-state index >= 15 is 0 Å². The first-order chi connectivity index (χ1) is 14.5. The van der Waals surface area contributed by atoms with Gasteiger partial charge in [0.25, 0.3) is 0 Å². The Balaban J connectivity index is 1.69. The van der Waals surface area contributed by atoms with E-state index in [-0.39, 0.29) is 0 Å². The molecule has 0 aromatic heterocycles. The van der Waals surface area contributed by atoms with E-state index in [9.17, 15) is 9.59 Å². The summed E-state index contributed by atoms with van der Waals surface area (Å²) >= 11 is 0. The van der Waals surface area contributed by atoms with E-state index in [2.05, 4.69) is 5.32 Å². The van der Waals surface area contributed by atoms with Gasteiger partial charge in [-0.3, -0.25) is 0 Å². The number of benzene rings is 3. The van der Waals surface area contributed by atoms with Crippen LogP contribution in [0, 0.1) is 0 Å². The molecule has 2 aliphatic rings. The number of nitrogens with two attached hydrogens (primary N) is 1. The van der Waals surface area contributed by atoms with Crippen LogP contribution in [0.1, 0.15) is 18.1 Å². The quantitative estimate of drug-likeness (QED) is 0.397. The van der Waals surface area contributed by atoms with Gasteiger partial charge in [0.1, 0.15) is 11.5 Å². The zero-order chi connectivity index (χ0) is 20.8. The molecule has 0 amide bonds. The molecule has 0 atom stereocenters. The molecule has 0 fully saturated rings. The van der Waals surface area contributed by atoms with Crippen LogP contribution in [0.5, 0.6) is 11.5 Å². The highest BCUT2D eigenvalue weighted by atomic mass is 16.5. The van der Waals surface area contributed by atoms with Gasteiger partial charge in [0.05, 0.1) is 11.1 Å². The summed E-state index contributed by atoms with van der Waals surface area (Å²) in [7, 11) is 0. The molecule has 6 heteroatoms. The second-order valence-corrected chi connectivity index (χ2v) is 7.10. The molecular weight excluding hydrogens is 380 g/mol. The Morgan fingerprint density at radius 2 is 1.23 bits per heavy atom. The Labute approximate surface area is 172 Å². The second kappa shape index (κ2) is 6.77. The number of esters is 2. The molecule has 6 nitrogen and oxygen atoms in total. The highest BCUT2D eigenvalue weighted by molar-refractivity contribution is 6.21. The van der Waals surface area contributed by atoms with Gasteiger partial charge >= 0.3 is 11.9 Å². The minimum absolute atomic E-state index is 0.408. The lowest BCUT2D eigenvalue weighted by Gasteiger charge is -2.04. The van der Waals surface area contributed by atoms with Gasteiger partial charge in [0.2, 0.25) is 0 Å². The maximum absolute atomic E-state index is 12.6. The van der Waals surface area contributed by atoms with Gasteiger partial charge in [-0.25, -0.2) is 9.59 Å². The normalized spacial score (nSPS) is 14.3. The minimum Gasteiger partial charge on any atom is -0.422 e. The fraction of sp³-hybridized carbons (Fsp3) is 0.0833. The van der Waals surface area contributed by atoms with Gasteiger partial charge < -0.3 is 20.5 Å². The van der Waals surface area contributed by atoms with E-state index in [1.807, 2.05) is 31.2 Å². The molecule has 148 valence electrons. The monoisotopic (exact) mass is 398 g/mol. The van der Waals surface area contributed by atoms with Crippen molar-refractivity contribution in [3.05, 3.63) is 82.2 Å². The molecule has 3 aromatic rings. The topological polar surface area (TPSA) is 90.6 Å². The fourth-order valence-electron chi connectivity index (χ4n) is 3.80. The highest BCUT2D eigenvalue weighted by Crippen LogP contribution is 2.27. The molecule has 0 radical (unpaired) electrons. The Morgan fingerprint density at radius 3 is 1.70 bits per heavy atom. The van der Waals surface area contributed by atoms with Crippen LogP contribution < -0.4 is 31.0 Å². The average molecular weight is 398 g/mol. The number of carbonyl (C=O) groups excluding carboxylic acids is 2. The molecule has 3 N–H and O–H groups in total. The Hall–Kier alpha value is -4.06. The van der Waals surface area contributed by atoms with Crippen molar-refractivity contribution in [1.29, 1.82) is 0 Å². The minimum atomic E-state index is -0.443. The maximum atomic E-state index is 12.6. The van der Waals surface area contributed by atoms with Gasteiger partial charge in [-0.05, 0) is 54.4 Å². The van der Waals surface area contributed by atoms with Gasteiger partial charge in [0.15, 0.2) is 0 Å². The third-order valence-corrected chi connectivity index (χ3v) is 5.19. The predicted molar refractivity (Wildman–Crippen MR) is 113 cm³/mol. The Bertz CT molecular complexity index is 1320. The summed E-state index contributed by atoms with van der Waals surface area (Å²) in [6.07, 6.45) is 0. The van der Waals surface area contributed by atoms with Crippen molar-refractivity contribution in [2.24, 2.45) is 0 Å². The van der Waals surface area contributed by atoms with E-state index in [0.717, 1.165) is 17.8 Å². The maximum Gasteiger partial charge on any atom is 0.344 e. The van der Waals surface area contributed by atoms with Gasteiger partial charge in [-0.1, -0.05) is 24.3 Å². The van der Waals surface area contributed by atoms with Crippen LogP contribution in [-0.2, 0) is 9.59 Å². The SMILES string of the molecule is CCNc1ccc(C2=c3cc4c(cc3OC2=O)=C(c2ccc(N)cc2)C(=O)O4)cc1. The van der Waals surface area contributed by atoms with Crippen molar-refractivity contribution in [2.75, 3.05) is 17.6 Å². The molecule has 5 rings (SSSR count). The molecular formula is C24H18N2O4. The molecule has 30 heavy (non-hydrogen) atoms. The molecule has 0 aliphatic carbocycles. The van der Waals surface area contributed by atoms with E-state index < -0.39 is 11.9 Å². The van der Waals surface area contributed by atoms with Crippen LogP contribution in [-0.4, -0.2) is 18.5 Å². The van der Waals surface area contributed by atoms with Crippen molar-refractivity contribution >= 4 is 34.5 Å². The van der Waals surface area contributed by atoms with Crippen LogP contribution in [0.3, 0.4) is 0 Å². The van der Waals surface area contributed by atoms with Crippen molar-refractivity contribution in [3.63, 3.8) is 0 Å². The fourth-order valence-corrected chi connectivity index (χ4v) is 3.80. The summed E-state index contributed by atoms with van der Waals surface area (Å²) in [6, 6.07) is 17.9. The van der Waals surface area contributed by atoms with Crippen LogP contribution in [0.2, 0.25) is 0 Å². The Morgan fingerprint density at radius 1 is 0.767 bits per heavy atom. The number of rotatable bonds is 4. The van der Waals surface area contributed by atoms with Crippen LogP contribution >= 0.6 is 0 Å². The van der Waals surface area contributed by atoms with Crippen molar-refractivity contribution < 1.29 is 19.1 Å². The number of anilines is 2. The average Bonchev–Trinajstić information content (AvgIpc) is 3.22. The number of fused-ring (bicyclic) bond motifs is 2. The third kappa shape index (κ3) is 2.81. The first kappa shape index (κ1) is 18.0. The molecule has 0 spiro atoms. The number of hydrogen-bond acceptors (Lipinski definition) is 6. The first-order valence-electron chi connectivity index (χ1n) is 9.62. The number of hydrogen-bond donors (Lipinski definition) is 2. The highest BCUT2D eigenvalue weighted by Gasteiger charge is 2.30. The largest absolute Gasteiger partial charge is 0.422 e. The molecule has 0 saturated heterocycles. The predicted octanol–water partition coefficient (Wildman–Crippen LogP) is 1.94. The smallest absolute Gasteiger partial charge is 0.344 e. The molecule has 0 saturated carbocycles. The lowest BCUT2D eigenvalue weighted by Crippen LogP contribution is -2.11. The van der Waals surface area contributed by atoms with Crippen LogP contribution in [0.25, 0.3) is 11.1 Å². The summed E-state index contributed by atoms with van der Waals surface area (Å²) in [6.45, 7) is 2.83. The third-order valence-electron chi connectivity index (χ3n) is 5.19. The van der Waals surface area contributed by atoms with E-state index in [0.29, 0.717) is 44.3 Å². The zero-order valence-corrected chi connectivity index (χ0v) is 16.2. The number of carbonyl (C=O) groups is 2. The lowest BCUT2D eigenvalue weighted by atomic mass is 10.0. The lowest BCUT2D eigenvalue weighted by molar-refractivity contribution is -0.128. The zero-order valence-electron chi connectivity index (χ0n) is 16.2. The number of nitrogens with one attached hydrogen (secondary N) is 1. The van der Waals surface area contributed by atoms with E-state index in [1.165, 1.54) is 0 Å². The Kier molecular flexibility index (Phi) is 4.06. The summed E-state index contributed by atoms with van der Waals surface area (Å²) in [5.74, 6) is -0.0482. The molecule has 2 heterocycles. The van der Waals surface area contributed by atoms with Crippen molar-refractivity contribution in [3.8, 4) is 11.5 Å². The molecule has 0 unspecified atom stereocenters. The summed E-state index contributed by atoms with van der Waals surface area (Å²) in [5, 5.41) is 4.43. The van der Waals surface area contributed by atoms with Gasteiger partial charge in [-0.2, -0.15) is 0 Å². The number of ether oxygens (including phenoxy) is 2. The van der Waals surface area contributed by atoms with E-state index in [1.54, 1.807) is 36.4 Å². The summed E-state index contributed by atoms with van der Waals surface area (Å²) in [5.41, 5.74) is 9.64. The second-order valence-electron chi connectivity index (χ2n) is 7.10. The molecule has 0 bridgehead atoms. The van der Waals surface area contributed by atoms with Crippen LogP contribution in [0.4, 0.5) is 11.4 Å². The van der Waals surface area contributed by atoms with Gasteiger partial charge in [-0.15, -0.1) is 0 Å². The number of nitrogen functional groups attached to an aromatic ring is 1. The standard InChI is InChI=1S/C24H18N2O4/c1-2-26-16-9-5-14(6-10-16)22-18-12-19-17(11-20(18)30-24(22)28)21(23(27)29-19)13-3-7-15(25)8-4-13/h3-12,26H,2,25H2,1H3. The van der Waals surface area contributed by atoms with E-state index in [4.69, 9.17) is 15.2 Å². The molecule has 2 aliphatic heterocycles. The summed E-state index contributed by atoms with van der Waals surface area (Å²) < 4.78 is 11.0. The van der Waals surface area contributed by atoms with Gasteiger partial charge in [0, 0.05) is 28.4 Å². The van der Waals surface area contributed by atoms with Crippen molar-refractivity contribution in [1.82, 2.24) is 0 Å². The van der Waals surface area contributed by atoms with Crippen molar-refractivity contribution in [2.45, 2.75) is 6.92 Å². The molecule has 3 aromatic carbocycles. The first-order valence-corrected chi connectivity index (χ1v) is 9.62. The summed E-state index contributed by atoms with van der Waals surface area (Å²) in [4.78, 5) is 25.2.